The van der Waals surface area contributed by atoms with Crippen molar-refractivity contribution in [1.29, 1.82) is 0 Å². The van der Waals surface area contributed by atoms with Gasteiger partial charge in [-0.25, -0.2) is 4.39 Å². The van der Waals surface area contributed by atoms with Crippen molar-refractivity contribution >= 4 is 7.05 Å². The Balaban J connectivity index is 2.13. The van der Waals surface area contributed by atoms with Crippen molar-refractivity contribution < 1.29 is 9.41 Å². The van der Waals surface area contributed by atoms with Crippen LogP contribution in [-0.2, 0) is 0 Å². The Morgan fingerprint density at radius 2 is 2.21 bits per heavy atom. The smallest absolute Gasteiger partial charge is 0.376 e. The zero-order valence-corrected chi connectivity index (χ0v) is 8.78. The van der Waals surface area contributed by atoms with E-state index in [1.807, 2.05) is 11.9 Å². The van der Waals surface area contributed by atoms with E-state index in [4.69, 9.17) is 0 Å². The van der Waals surface area contributed by atoms with Crippen LogP contribution in [0.2, 0.25) is 6.82 Å². The van der Waals surface area contributed by atoms with Crippen molar-refractivity contribution in [3.8, 4) is 0 Å². The van der Waals surface area contributed by atoms with E-state index in [0.29, 0.717) is 5.92 Å². The SMILES string of the molecule is CN[C@@H]1C2CCC([C@@H]1F)N(B(C)O)C2. The summed E-state index contributed by atoms with van der Waals surface area (Å²) in [6.45, 7) is 2.55. The van der Waals surface area contributed by atoms with E-state index in [0.717, 1.165) is 19.4 Å². The van der Waals surface area contributed by atoms with E-state index in [2.05, 4.69) is 5.32 Å². The fourth-order valence-electron chi connectivity index (χ4n) is 3.01. The van der Waals surface area contributed by atoms with Crippen LogP contribution in [0.25, 0.3) is 0 Å². The van der Waals surface area contributed by atoms with Crippen molar-refractivity contribution in [2.24, 2.45) is 5.92 Å². The van der Waals surface area contributed by atoms with E-state index >= 15 is 0 Å². The molecule has 14 heavy (non-hydrogen) atoms. The second kappa shape index (κ2) is 3.79. The lowest BCUT2D eigenvalue weighted by Crippen LogP contribution is -2.67. The lowest BCUT2D eigenvalue weighted by atomic mass is 9.68. The van der Waals surface area contributed by atoms with Crippen molar-refractivity contribution in [2.75, 3.05) is 13.6 Å². The first-order valence-electron chi connectivity index (χ1n) is 5.40. The average molecular weight is 200 g/mol. The molecule has 2 heterocycles. The maximum atomic E-state index is 13.9. The van der Waals surface area contributed by atoms with Crippen molar-refractivity contribution in [3.05, 3.63) is 0 Å². The Morgan fingerprint density at radius 1 is 1.50 bits per heavy atom. The number of piperidine rings is 2. The van der Waals surface area contributed by atoms with Crippen LogP contribution < -0.4 is 5.32 Å². The molecule has 0 spiro atoms. The van der Waals surface area contributed by atoms with Crippen molar-refractivity contribution in [1.82, 2.24) is 10.1 Å². The molecule has 80 valence electrons. The topological polar surface area (TPSA) is 35.5 Å². The number of fused-ring (bicyclic) bond motifs is 3. The van der Waals surface area contributed by atoms with Crippen LogP contribution in [0.5, 0.6) is 0 Å². The molecule has 0 aromatic carbocycles. The minimum absolute atomic E-state index is 0.0104. The highest BCUT2D eigenvalue weighted by Crippen LogP contribution is 2.37. The fraction of sp³-hybridized carbons (Fsp3) is 1.00. The molecule has 5 heteroatoms. The Bertz CT molecular complexity index is 215. The Kier molecular flexibility index (Phi) is 2.82. The van der Waals surface area contributed by atoms with E-state index in [1.165, 1.54) is 0 Å². The maximum absolute atomic E-state index is 13.9. The summed E-state index contributed by atoms with van der Waals surface area (Å²) >= 11 is 0. The van der Waals surface area contributed by atoms with Crippen LogP contribution in [0.15, 0.2) is 0 Å². The van der Waals surface area contributed by atoms with Gasteiger partial charge >= 0.3 is 7.05 Å². The Morgan fingerprint density at radius 3 is 2.71 bits per heavy atom. The molecule has 1 saturated carbocycles. The van der Waals surface area contributed by atoms with E-state index in [-0.39, 0.29) is 12.1 Å². The van der Waals surface area contributed by atoms with Crippen LogP contribution in [0.1, 0.15) is 12.8 Å². The normalized spacial score (nSPS) is 42.9. The number of nitrogens with one attached hydrogen (secondary N) is 1. The second-order valence-electron chi connectivity index (χ2n) is 4.49. The molecule has 0 aromatic heterocycles. The van der Waals surface area contributed by atoms with Gasteiger partial charge in [-0.15, -0.1) is 0 Å². The van der Waals surface area contributed by atoms with Gasteiger partial charge in [0.25, 0.3) is 0 Å². The van der Waals surface area contributed by atoms with Gasteiger partial charge in [0, 0.05) is 12.1 Å². The largest absolute Gasteiger partial charge is 0.437 e. The number of hydrogen-bond acceptors (Lipinski definition) is 3. The van der Waals surface area contributed by atoms with Crippen LogP contribution >= 0.6 is 0 Å². The fourth-order valence-corrected chi connectivity index (χ4v) is 3.01. The summed E-state index contributed by atoms with van der Waals surface area (Å²) < 4.78 is 13.9. The molecule has 2 bridgehead atoms. The third-order valence-corrected chi connectivity index (χ3v) is 3.74. The molecule has 2 aliphatic heterocycles. The highest BCUT2D eigenvalue weighted by Gasteiger charge is 2.48. The summed E-state index contributed by atoms with van der Waals surface area (Å²) in [6.07, 6.45) is 1.14. The van der Waals surface area contributed by atoms with Crippen LogP contribution in [0.3, 0.4) is 0 Å². The molecular formula is C9H18BFN2O. The number of rotatable bonds is 2. The zero-order valence-electron chi connectivity index (χ0n) is 8.78. The molecule has 3 fully saturated rings. The van der Waals surface area contributed by atoms with E-state index in [1.54, 1.807) is 6.82 Å². The quantitative estimate of drug-likeness (QED) is 0.621. The Hall–Kier alpha value is -0.125. The van der Waals surface area contributed by atoms with E-state index < -0.39 is 13.2 Å². The number of alkyl halides is 1. The van der Waals surface area contributed by atoms with Gasteiger partial charge in [-0.2, -0.15) is 0 Å². The predicted octanol–water partition coefficient (Wildman–Crippen LogP) is 0.117. The number of hydrogen-bond donors (Lipinski definition) is 2. The lowest BCUT2D eigenvalue weighted by Gasteiger charge is -2.52. The first-order valence-corrected chi connectivity index (χ1v) is 5.40. The van der Waals surface area contributed by atoms with Gasteiger partial charge in [0.1, 0.15) is 6.17 Å². The molecule has 0 amide bonds. The lowest BCUT2D eigenvalue weighted by molar-refractivity contribution is -0.00539. The van der Waals surface area contributed by atoms with Crippen LogP contribution in [0.4, 0.5) is 4.39 Å². The number of halogens is 1. The molecular weight excluding hydrogens is 182 g/mol. The van der Waals surface area contributed by atoms with Gasteiger partial charge in [0.05, 0.1) is 0 Å². The predicted molar refractivity (Wildman–Crippen MR) is 54.8 cm³/mol. The summed E-state index contributed by atoms with van der Waals surface area (Å²) in [4.78, 5) is 1.90. The summed E-state index contributed by atoms with van der Waals surface area (Å²) in [5, 5.41) is 12.6. The van der Waals surface area contributed by atoms with Gasteiger partial charge in [0.15, 0.2) is 0 Å². The summed E-state index contributed by atoms with van der Waals surface area (Å²) in [5.41, 5.74) is 0. The first kappa shape index (κ1) is 10.4. The minimum atomic E-state index is -0.831. The molecule has 0 aromatic rings. The van der Waals surface area contributed by atoms with Crippen LogP contribution in [-0.4, -0.2) is 48.7 Å². The molecule has 2 saturated heterocycles. The van der Waals surface area contributed by atoms with Crippen LogP contribution in [0, 0.1) is 5.92 Å². The van der Waals surface area contributed by atoms with Crippen molar-refractivity contribution in [2.45, 2.75) is 37.9 Å². The van der Waals surface area contributed by atoms with Gasteiger partial charge < -0.3 is 15.2 Å². The van der Waals surface area contributed by atoms with Gasteiger partial charge in [0.2, 0.25) is 0 Å². The molecule has 1 aliphatic carbocycles. The average Bonchev–Trinajstić information content (AvgIpc) is 2.18. The van der Waals surface area contributed by atoms with Gasteiger partial charge in [-0.1, -0.05) is 0 Å². The van der Waals surface area contributed by atoms with Crippen molar-refractivity contribution in [3.63, 3.8) is 0 Å². The summed E-state index contributed by atoms with van der Waals surface area (Å²) in [7, 11) is 1.31. The molecule has 0 radical (unpaired) electrons. The highest BCUT2D eigenvalue weighted by atomic mass is 19.1. The van der Waals surface area contributed by atoms with E-state index in [9.17, 15) is 9.41 Å². The van der Waals surface area contributed by atoms with Gasteiger partial charge in [-0.3, -0.25) is 0 Å². The molecule has 3 nitrogen and oxygen atoms in total. The number of nitrogens with zero attached hydrogens (tertiary/aromatic N) is 1. The first-order chi connectivity index (χ1) is 6.65. The maximum Gasteiger partial charge on any atom is 0.376 e. The molecule has 3 aliphatic rings. The summed E-state index contributed by atoms with van der Waals surface area (Å²) in [5.74, 6) is 0.356. The standard InChI is InChI=1S/C9H18BFN2O/c1-10(14)13-5-6-3-4-7(13)8(11)9(6)12-2/h6-9,12,14H,3-5H2,1-2H3/t6?,7?,8-,9+/m0/s1. The monoisotopic (exact) mass is 200 g/mol. The Labute approximate surface area is 84.8 Å². The van der Waals surface area contributed by atoms with Gasteiger partial charge in [-0.05, 0) is 39.2 Å². The second-order valence-corrected chi connectivity index (χ2v) is 4.49. The molecule has 4 atom stereocenters. The molecule has 2 unspecified atom stereocenters. The third-order valence-electron chi connectivity index (χ3n) is 3.74. The minimum Gasteiger partial charge on any atom is -0.437 e. The molecule has 3 rings (SSSR count). The summed E-state index contributed by atoms with van der Waals surface area (Å²) in [6, 6.07) is -0.0961. The molecule has 2 N–H and O–H groups in total. The third kappa shape index (κ3) is 1.47. The highest BCUT2D eigenvalue weighted by molar-refractivity contribution is 6.45. The zero-order chi connectivity index (χ0) is 10.3.